The van der Waals surface area contributed by atoms with E-state index in [0.717, 1.165) is 35.1 Å². The first-order valence-corrected chi connectivity index (χ1v) is 7.96. The van der Waals surface area contributed by atoms with Gasteiger partial charge in [0.15, 0.2) is 11.5 Å². The third-order valence-electron chi connectivity index (χ3n) is 3.31. The van der Waals surface area contributed by atoms with Gasteiger partial charge in [0.2, 0.25) is 5.91 Å². The molecule has 1 aromatic rings. The van der Waals surface area contributed by atoms with Crippen LogP contribution in [-0.2, 0) is 11.3 Å². The first-order valence-electron chi connectivity index (χ1n) is 6.80. The summed E-state index contributed by atoms with van der Waals surface area (Å²) in [6.07, 6.45) is 0.895. The molecular formula is C14H18N2O3S. The Labute approximate surface area is 122 Å². The van der Waals surface area contributed by atoms with Crippen LogP contribution in [0.5, 0.6) is 11.5 Å². The quantitative estimate of drug-likeness (QED) is 0.875. The van der Waals surface area contributed by atoms with Crippen molar-refractivity contribution < 1.29 is 14.3 Å². The van der Waals surface area contributed by atoms with Crippen LogP contribution in [0.25, 0.3) is 0 Å². The monoisotopic (exact) mass is 294 g/mol. The summed E-state index contributed by atoms with van der Waals surface area (Å²) >= 11 is 1.74. The molecule has 2 aliphatic heterocycles. The third kappa shape index (κ3) is 3.19. The van der Waals surface area contributed by atoms with E-state index in [-0.39, 0.29) is 11.9 Å². The van der Waals surface area contributed by atoms with Gasteiger partial charge in [0, 0.05) is 24.6 Å². The van der Waals surface area contributed by atoms with E-state index in [0.29, 0.717) is 19.8 Å². The zero-order valence-electron chi connectivity index (χ0n) is 11.2. The van der Waals surface area contributed by atoms with Crippen LogP contribution in [0.3, 0.4) is 0 Å². The van der Waals surface area contributed by atoms with Gasteiger partial charge in [-0.05, 0) is 17.7 Å². The van der Waals surface area contributed by atoms with Crippen LogP contribution in [0, 0.1) is 0 Å². The van der Waals surface area contributed by atoms with Gasteiger partial charge in [0.1, 0.15) is 0 Å². The number of hydrogen-bond acceptors (Lipinski definition) is 5. The number of rotatable bonds is 3. The van der Waals surface area contributed by atoms with Gasteiger partial charge >= 0.3 is 0 Å². The molecule has 0 aliphatic carbocycles. The zero-order valence-corrected chi connectivity index (χ0v) is 12.0. The molecule has 0 aromatic heterocycles. The molecule has 1 unspecified atom stereocenters. The topological polar surface area (TPSA) is 59.6 Å². The molecule has 6 heteroatoms. The van der Waals surface area contributed by atoms with Crippen LogP contribution >= 0.6 is 11.8 Å². The van der Waals surface area contributed by atoms with Gasteiger partial charge in [0.25, 0.3) is 0 Å². The molecule has 1 fully saturated rings. The van der Waals surface area contributed by atoms with E-state index in [1.807, 2.05) is 18.2 Å². The van der Waals surface area contributed by atoms with Crippen molar-refractivity contribution in [1.29, 1.82) is 0 Å². The molecule has 1 aromatic carbocycles. The van der Waals surface area contributed by atoms with Gasteiger partial charge in [-0.25, -0.2) is 0 Å². The lowest BCUT2D eigenvalue weighted by atomic mass is 10.2. The Morgan fingerprint density at radius 1 is 1.35 bits per heavy atom. The summed E-state index contributed by atoms with van der Waals surface area (Å²) in [5, 5.41) is 6.11. The molecule has 108 valence electrons. The molecule has 2 N–H and O–H groups in total. The summed E-state index contributed by atoms with van der Waals surface area (Å²) in [5.74, 6) is 3.30. The maximum absolute atomic E-state index is 11.9. The molecule has 0 spiro atoms. The van der Waals surface area contributed by atoms with Crippen molar-refractivity contribution in [2.75, 3.05) is 24.8 Å². The summed E-state index contributed by atoms with van der Waals surface area (Å²) in [4.78, 5) is 11.9. The zero-order chi connectivity index (χ0) is 13.8. The second-order valence-corrected chi connectivity index (χ2v) is 5.85. The predicted octanol–water partition coefficient (Wildman–Crippen LogP) is 1.13. The number of hydrogen-bond donors (Lipinski definition) is 2. The van der Waals surface area contributed by atoms with Gasteiger partial charge in [-0.15, -0.1) is 11.8 Å². The van der Waals surface area contributed by atoms with Crippen molar-refractivity contribution >= 4 is 17.7 Å². The fourth-order valence-electron chi connectivity index (χ4n) is 2.19. The van der Waals surface area contributed by atoms with E-state index in [1.165, 1.54) is 0 Å². The number of nitrogens with one attached hydrogen (secondary N) is 2. The molecule has 20 heavy (non-hydrogen) atoms. The summed E-state index contributed by atoms with van der Waals surface area (Å²) in [6.45, 7) is 1.87. The van der Waals surface area contributed by atoms with Crippen LogP contribution in [0.15, 0.2) is 18.2 Å². The Morgan fingerprint density at radius 2 is 2.20 bits per heavy atom. The lowest BCUT2D eigenvalue weighted by Crippen LogP contribution is -2.41. The van der Waals surface area contributed by atoms with Gasteiger partial charge in [-0.2, -0.15) is 0 Å². The minimum Gasteiger partial charge on any atom is -0.490 e. The van der Waals surface area contributed by atoms with E-state index in [9.17, 15) is 4.79 Å². The normalized spacial score (nSPS) is 21.3. The Morgan fingerprint density at radius 3 is 3.00 bits per heavy atom. The van der Waals surface area contributed by atoms with Crippen molar-refractivity contribution in [3.05, 3.63) is 23.8 Å². The Kier molecular flexibility index (Phi) is 4.32. The van der Waals surface area contributed by atoms with Crippen molar-refractivity contribution in [3.63, 3.8) is 0 Å². The fourth-order valence-corrected chi connectivity index (χ4v) is 3.14. The summed E-state index contributed by atoms with van der Waals surface area (Å²) in [5.41, 5.74) is 1.02. The Hall–Kier alpha value is -1.40. The average molecular weight is 294 g/mol. The van der Waals surface area contributed by atoms with Crippen molar-refractivity contribution in [1.82, 2.24) is 10.6 Å². The number of thioether (sulfide) groups is 1. The third-order valence-corrected chi connectivity index (χ3v) is 4.25. The molecule has 5 nitrogen and oxygen atoms in total. The fraction of sp³-hybridized carbons (Fsp3) is 0.500. The van der Waals surface area contributed by atoms with Crippen molar-refractivity contribution in [2.24, 2.45) is 0 Å². The first-order chi connectivity index (χ1) is 9.83. The van der Waals surface area contributed by atoms with E-state index in [2.05, 4.69) is 10.6 Å². The molecular weight excluding hydrogens is 276 g/mol. The molecule has 2 heterocycles. The highest BCUT2D eigenvalue weighted by Crippen LogP contribution is 2.30. The van der Waals surface area contributed by atoms with E-state index in [4.69, 9.17) is 9.47 Å². The van der Waals surface area contributed by atoms with Crippen LogP contribution < -0.4 is 20.1 Å². The standard InChI is InChI=1S/C14H18N2O3S/c17-14(11-8-20-9-16-11)15-7-10-2-3-12-13(6-10)19-5-1-4-18-12/h2-3,6,11,16H,1,4-5,7-9H2,(H,15,17). The number of carbonyl (C=O) groups excluding carboxylic acids is 1. The number of benzene rings is 1. The molecule has 0 bridgehead atoms. The minimum atomic E-state index is -0.0691. The van der Waals surface area contributed by atoms with Crippen molar-refractivity contribution in [3.8, 4) is 11.5 Å². The van der Waals surface area contributed by atoms with Crippen LogP contribution in [0.4, 0.5) is 0 Å². The number of carbonyl (C=O) groups is 1. The first kappa shape index (κ1) is 13.6. The molecule has 0 radical (unpaired) electrons. The van der Waals surface area contributed by atoms with E-state index < -0.39 is 0 Å². The van der Waals surface area contributed by atoms with Gasteiger partial charge in [-0.3, -0.25) is 10.1 Å². The number of amides is 1. The van der Waals surface area contributed by atoms with E-state index in [1.54, 1.807) is 11.8 Å². The highest BCUT2D eigenvalue weighted by molar-refractivity contribution is 7.99. The summed E-state index contributed by atoms with van der Waals surface area (Å²) in [6, 6.07) is 5.74. The maximum Gasteiger partial charge on any atom is 0.238 e. The summed E-state index contributed by atoms with van der Waals surface area (Å²) in [7, 11) is 0. The molecule has 1 atom stereocenters. The van der Waals surface area contributed by atoms with Crippen LogP contribution in [0.1, 0.15) is 12.0 Å². The maximum atomic E-state index is 11.9. The van der Waals surface area contributed by atoms with Crippen LogP contribution in [-0.4, -0.2) is 36.8 Å². The Balaban J connectivity index is 1.60. The lowest BCUT2D eigenvalue weighted by molar-refractivity contribution is -0.122. The number of ether oxygens (including phenoxy) is 2. The highest BCUT2D eigenvalue weighted by atomic mass is 32.2. The molecule has 3 rings (SSSR count). The van der Waals surface area contributed by atoms with E-state index >= 15 is 0 Å². The van der Waals surface area contributed by atoms with Gasteiger partial charge < -0.3 is 14.8 Å². The molecule has 2 aliphatic rings. The Bertz CT molecular complexity index is 489. The highest BCUT2D eigenvalue weighted by Gasteiger charge is 2.22. The smallest absolute Gasteiger partial charge is 0.238 e. The minimum absolute atomic E-state index is 0.0575. The lowest BCUT2D eigenvalue weighted by Gasteiger charge is -2.12. The van der Waals surface area contributed by atoms with Gasteiger partial charge in [0.05, 0.1) is 19.3 Å². The summed E-state index contributed by atoms with van der Waals surface area (Å²) < 4.78 is 11.2. The second kappa shape index (κ2) is 6.37. The van der Waals surface area contributed by atoms with Crippen LogP contribution in [0.2, 0.25) is 0 Å². The van der Waals surface area contributed by atoms with Gasteiger partial charge in [-0.1, -0.05) is 6.07 Å². The predicted molar refractivity (Wildman–Crippen MR) is 78.1 cm³/mol. The number of fused-ring (bicyclic) bond motifs is 1. The SMILES string of the molecule is O=C(NCc1ccc2c(c1)OCCCO2)C1CSCN1. The largest absolute Gasteiger partial charge is 0.490 e. The molecule has 1 amide bonds. The average Bonchev–Trinajstić information content (AvgIpc) is 2.90. The second-order valence-electron chi connectivity index (χ2n) is 4.82. The molecule has 0 saturated carbocycles. The van der Waals surface area contributed by atoms with Crippen molar-refractivity contribution in [2.45, 2.75) is 19.0 Å². The molecule has 1 saturated heterocycles.